The highest BCUT2D eigenvalue weighted by molar-refractivity contribution is 7.80. The molecule has 0 spiro atoms. The van der Waals surface area contributed by atoms with Gasteiger partial charge in [0.05, 0.1) is 11.4 Å². The largest absolute Gasteiger partial charge is 0.388 e. The number of thiocarbonyl (C=S) groups is 1. The highest BCUT2D eigenvalue weighted by atomic mass is 32.1. The minimum absolute atomic E-state index is 0.257. The second-order valence-electron chi connectivity index (χ2n) is 4.29. The predicted octanol–water partition coefficient (Wildman–Crippen LogP) is 2.17. The van der Waals surface area contributed by atoms with Crippen LogP contribution >= 0.6 is 12.2 Å². The first kappa shape index (κ1) is 13.4. The summed E-state index contributed by atoms with van der Waals surface area (Å²) in [6.07, 6.45) is 0. The van der Waals surface area contributed by atoms with Gasteiger partial charge in [0.2, 0.25) is 5.95 Å². The van der Waals surface area contributed by atoms with Crippen molar-refractivity contribution in [2.75, 3.05) is 5.32 Å². The molecule has 6 heteroatoms. The normalized spacial score (nSPS) is 10.3. The molecular formula is C13H15N5S. The van der Waals surface area contributed by atoms with Gasteiger partial charge in [0.1, 0.15) is 10.7 Å². The standard InChI is InChI=1S/C13H15N5S/c1-7-4-5-10(9(3)15-7)17-13-16-8(2)6-11(18-13)12(14)19/h4-6H,1-3H3,(H2,14,19)(H,16,17,18). The first-order valence-electron chi connectivity index (χ1n) is 5.82. The topological polar surface area (TPSA) is 76.7 Å². The summed E-state index contributed by atoms with van der Waals surface area (Å²) < 4.78 is 0. The van der Waals surface area contributed by atoms with Crippen molar-refractivity contribution in [3.8, 4) is 0 Å². The monoisotopic (exact) mass is 273 g/mol. The highest BCUT2D eigenvalue weighted by Gasteiger charge is 2.06. The number of aryl methyl sites for hydroxylation is 3. The third kappa shape index (κ3) is 3.23. The number of nitrogens with zero attached hydrogens (tertiary/aromatic N) is 3. The van der Waals surface area contributed by atoms with Gasteiger partial charge >= 0.3 is 0 Å². The van der Waals surface area contributed by atoms with Crippen molar-refractivity contribution >= 4 is 28.8 Å². The first-order chi connectivity index (χ1) is 8.95. The Morgan fingerprint density at radius 1 is 1.11 bits per heavy atom. The van der Waals surface area contributed by atoms with Crippen molar-refractivity contribution in [3.63, 3.8) is 0 Å². The van der Waals surface area contributed by atoms with Crippen molar-refractivity contribution in [2.24, 2.45) is 5.73 Å². The number of nitrogens with two attached hydrogens (primary N) is 1. The Morgan fingerprint density at radius 2 is 1.84 bits per heavy atom. The summed E-state index contributed by atoms with van der Waals surface area (Å²) in [5.74, 6) is 0.469. The van der Waals surface area contributed by atoms with Crippen molar-refractivity contribution in [1.29, 1.82) is 0 Å². The van der Waals surface area contributed by atoms with Crippen LogP contribution in [0.5, 0.6) is 0 Å². The lowest BCUT2D eigenvalue weighted by Gasteiger charge is -2.09. The maximum absolute atomic E-state index is 5.60. The van der Waals surface area contributed by atoms with Crippen LogP contribution in [0.25, 0.3) is 0 Å². The number of aromatic nitrogens is 3. The van der Waals surface area contributed by atoms with Crippen LogP contribution in [0.4, 0.5) is 11.6 Å². The Bertz CT molecular complexity index is 639. The zero-order chi connectivity index (χ0) is 14.0. The van der Waals surface area contributed by atoms with E-state index in [1.165, 1.54) is 0 Å². The van der Waals surface area contributed by atoms with Gasteiger partial charge in [-0.1, -0.05) is 12.2 Å². The molecule has 2 aromatic heterocycles. The third-order valence-corrected chi connectivity index (χ3v) is 2.79. The second-order valence-corrected chi connectivity index (χ2v) is 4.73. The zero-order valence-electron chi connectivity index (χ0n) is 11.1. The lowest BCUT2D eigenvalue weighted by Crippen LogP contribution is -2.14. The van der Waals surface area contributed by atoms with Crippen molar-refractivity contribution < 1.29 is 0 Å². The smallest absolute Gasteiger partial charge is 0.228 e. The Hall–Kier alpha value is -2.08. The van der Waals surface area contributed by atoms with Gasteiger partial charge < -0.3 is 11.1 Å². The van der Waals surface area contributed by atoms with Crippen LogP contribution < -0.4 is 11.1 Å². The van der Waals surface area contributed by atoms with E-state index in [2.05, 4.69) is 20.3 Å². The van der Waals surface area contributed by atoms with Crippen LogP contribution in [0, 0.1) is 20.8 Å². The third-order valence-electron chi connectivity index (χ3n) is 2.58. The van der Waals surface area contributed by atoms with Gasteiger partial charge in [-0.15, -0.1) is 0 Å². The molecule has 0 amide bonds. The number of hydrogen-bond donors (Lipinski definition) is 2. The minimum atomic E-state index is 0.257. The number of anilines is 2. The molecule has 2 aromatic rings. The number of rotatable bonds is 3. The van der Waals surface area contributed by atoms with Crippen LogP contribution in [-0.2, 0) is 0 Å². The van der Waals surface area contributed by atoms with Crippen molar-refractivity contribution in [3.05, 3.63) is 41.0 Å². The number of nitrogens with one attached hydrogen (secondary N) is 1. The van der Waals surface area contributed by atoms with Gasteiger partial charge in [-0.2, -0.15) is 0 Å². The van der Waals surface area contributed by atoms with Gasteiger partial charge in [0.15, 0.2) is 0 Å². The van der Waals surface area contributed by atoms with E-state index in [0.717, 1.165) is 22.8 Å². The lowest BCUT2D eigenvalue weighted by molar-refractivity contribution is 1.08. The predicted molar refractivity (Wildman–Crippen MR) is 79.7 cm³/mol. The molecule has 2 heterocycles. The Labute approximate surface area is 117 Å². The molecule has 0 aliphatic heterocycles. The fourth-order valence-electron chi connectivity index (χ4n) is 1.69. The van der Waals surface area contributed by atoms with Gasteiger partial charge in [-0.3, -0.25) is 4.98 Å². The molecule has 0 aliphatic rings. The SMILES string of the molecule is Cc1cc(C(N)=S)nc(Nc2ccc(C)nc2C)n1. The Balaban J connectivity index is 2.35. The zero-order valence-corrected chi connectivity index (χ0v) is 11.9. The van der Waals surface area contributed by atoms with E-state index in [0.29, 0.717) is 11.6 Å². The molecule has 0 atom stereocenters. The highest BCUT2D eigenvalue weighted by Crippen LogP contribution is 2.17. The van der Waals surface area contributed by atoms with E-state index in [1.807, 2.05) is 32.9 Å². The van der Waals surface area contributed by atoms with Gasteiger partial charge in [-0.25, -0.2) is 9.97 Å². The van der Waals surface area contributed by atoms with Crippen molar-refractivity contribution in [2.45, 2.75) is 20.8 Å². The van der Waals surface area contributed by atoms with E-state index in [-0.39, 0.29) is 4.99 Å². The molecule has 5 nitrogen and oxygen atoms in total. The molecule has 19 heavy (non-hydrogen) atoms. The molecule has 2 rings (SSSR count). The summed E-state index contributed by atoms with van der Waals surface area (Å²) in [5.41, 5.74) is 9.68. The van der Waals surface area contributed by atoms with E-state index >= 15 is 0 Å². The minimum Gasteiger partial charge on any atom is -0.388 e. The number of hydrogen-bond acceptors (Lipinski definition) is 5. The summed E-state index contributed by atoms with van der Waals surface area (Å²) in [6, 6.07) is 5.64. The molecule has 0 aromatic carbocycles. The van der Waals surface area contributed by atoms with E-state index < -0.39 is 0 Å². The van der Waals surface area contributed by atoms with Crippen LogP contribution in [-0.4, -0.2) is 19.9 Å². The Morgan fingerprint density at radius 3 is 2.47 bits per heavy atom. The summed E-state index contributed by atoms with van der Waals surface area (Å²) in [6.45, 7) is 5.75. The van der Waals surface area contributed by atoms with Crippen LogP contribution in [0.2, 0.25) is 0 Å². The summed E-state index contributed by atoms with van der Waals surface area (Å²) >= 11 is 4.94. The summed E-state index contributed by atoms with van der Waals surface area (Å²) in [4.78, 5) is 13.2. The fraction of sp³-hybridized carbons (Fsp3) is 0.231. The molecule has 3 N–H and O–H groups in total. The van der Waals surface area contributed by atoms with Crippen LogP contribution in [0.15, 0.2) is 18.2 Å². The van der Waals surface area contributed by atoms with Gasteiger partial charge in [0, 0.05) is 11.4 Å². The summed E-state index contributed by atoms with van der Waals surface area (Å²) in [7, 11) is 0. The van der Waals surface area contributed by atoms with Gasteiger partial charge in [0.25, 0.3) is 0 Å². The van der Waals surface area contributed by atoms with Crippen LogP contribution in [0.3, 0.4) is 0 Å². The molecule has 0 aliphatic carbocycles. The molecule has 0 saturated heterocycles. The quantitative estimate of drug-likeness (QED) is 0.835. The second kappa shape index (κ2) is 5.27. The average molecular weight is 273 g/mol. The first-order valence-corrected chi connectivity index (χ1v) is 6.23. The van der Waals surface area contributed by atoms with Crippen LogP contribution in [0.1, 0.15) is 22.8 Å². The van der Waals surface area contributed by atoms with E-state index in [9.17, 15) is 0 Å². The molecule has 0 saturated carbocycles. The number of pyridine rings is 1. The maximum atomic E-state index is 5.60. The molecule has 0 radical (unpaired) electrons. The molecular weight excluding hydrogens is 258 g/mol. The molecule has 0 unspecified atom stereocenters. The molecule has 98 valence electrons. The van der Waals surface area contributed by atoms with E-state index in [4.69, 9.17) is 18.0 Å². The Kier molecular flexibility index (Phi) is 3.71. The fourth-order valence-corrected chi connectivity index (χ4v) is 1.79. The molecule has 0 bridgehead atoms. The maximum Gasteiger partial charge on any atom is 0.228 e. The average Bonchev–Trinajstić information content (AvgIpc) is 2.32. The van der Waals surface area contributed by atoms with E-state index in [1.54, 1.807) is 6.07 Å². The van der Waals surface area contributed by atoms with Crippen molar-refractivity contribution in [1.82, 2.24) is 15.0 Å². The summed E-state index contributed by atoms with van der Waals surface area (Å²) in [5, 5.41) is 3.14. The lowest BCUT2D eigenvalue weighted by atomic mass is 10.3. The molecule has 0 fully saturated rings. The van der Waals surface area contributed by atoms with Gasteiger partial charge in [-0.05, 0) is 39.0 Å².